The molecule has 1 rings (SSSR count). The van der Waals surface area contributed by atoms with Gasteiger partial charge in [0.15, 0.2) is 0 Å². The van der Waals surface area contributed by atoms with Gasteiger partial charge >= 0.3 is 0 Å². The molecule has 1 unspecified atom stereocenters. The molecule has 1 aliphatic rings. The smallest absolute Gasteiger partial charge is 0.0678 e. The maximum absolute atomic E-state index is 10.3. The first-order chi connectivity index (χ1) is 5.60. The molecule has 1 nitrogen and oxygen atoms in total. The minimum atomic E-state index is -0.317. The van der Waals surface area contributed by atoms with E-state index in [2.05, 4.69) is 20.8 Å². The third kappa shape index (κ3) is 1.82. The van der Waals surface area contributed by atoms with E-state index in [1.807, 2.05) is 0 Å². The van der Waals surface area contributed by atoms with Crippen LogP contribution >= 0.6 is 0 Å². The Kier molecular flexibility index (Phi) is 3.16. The molecular formula is C11H22O. The zero-order chi connectivity index (χ0) is 9.19. The summed E-state index contributed by atoms with van der Waals surface area (Å²) in [6.07, 6.45) is 5.63. The lowest BCUT2D eigenvalue weighted by atomic mass is 9.77. The van der Waals surface area contributed by atoms with Crippen molar-refractivity contribution in [2.75, 3.05) is 0 Å². The van der Waals surface area contributed by atoms with Crippen molar-refractivity contribution in [3.8, 4) is 0 Å². The molecule has 0 aromatic heterocycles. The molecule has 1 saturated carbocycles. The zero-order valence-electron chi connectivity index (χ0n) is 8.64. The van der Waals surface area contributed by atoms with Gasteiger partial charge in [0.05, 0.1) is 5.60 Å². The van der Waals surface area contributed by atoms with Crippen LogP contribution in [0.25, 0.3) is 0 Å². The highest BCUT2D eigenvalue weighted by Crippen LogP contribution is 2.40. The van der Waals surface area contributed by atoms with Crippen molar-refractivity contribution >= 4 is 0 Å². The second-order valence-electron chi connectivity index (χ2n) is 4.57. The predicted octanol–water partition coefficient (Wildman–Crippen LogP) is 2.97. The third-order valence-electron chi connectivity index (χ3n) is 3.40. The number of rotatable bonds is 3. The van der Waals surface area contributed by atoms with Gasteiger partial charge in [0.2, 0.25) is 0 Å². The summed E-state index contributed by atoms with van der Waals surface area (Å²) in [5.41, 5.74) is -0.317. The Morgan fingerprint density at radius 1 is 1.25 bits per heavy atom. The normalized spacial score (nSPS) is 24.8. The third-order valence-corrected chi connectivity index (χ3v) is 3.40. The topological polar surface area (TPSA) is 20.2 Å². The molecule has 0 aromatic carbocycles. The Bertz CT molecular complexity index is 134. The Morgan fingerprint density at radius 3 is 2.08 bits per heavy atom. The van der Waals surface area contributed by atoms with Crippen molar-refractivity contribution in [3.05, 3.63) is 0 Å². The summed E-state index contributed by atoms with van der Waals surface area (Å²) in [6.45, 7) is 6.65. The molecule has 0 saturated heterocycles. The van der Waals surface area contributed by atoms with Crippen molar-refractivity contribution in [1.29, 1.82) is 0 Å². The van der Waals surface area contributed by atoms with Crippen molar-refractivity contribution < 1.29 is 5.11 Å². The molecule has 0 spiro atoms. The zero-order valence-corrected chi connectivity index (χ0v) is 8.64. The van der Waals surface area contributed by atoms with Crippen LogP contribution in [-0.2, 0) is 0 Å². The number of hydrogen-bond donors (Lipinski definition) is 1. The van der Waals surface area contributed by atoms with Crippen molar-refractivity contribution in [1.82, 2.24) is 0 Å². The second kappa shape index (κ2) is 3.78. The highest BCUT2D eigenvalue weighted by Gasteiger charge is 2.39. The molecule has 12 heavy (non-hydrogen) atoms. The van der Waals surface area contributed by atoms with Crippen LogP contribution in [0.2, 0.25) is 0 Å². The van der Waals surface area contributed by atoms with E-state index in [4.69, 9.17) is 0 Å². The maximum Gasteiger partial charge on any atom is 0.0678 e. The summed E-state index contributed by atoms with van der Waals surface area (Å²) in [5.74, 6) is 1.14. The molecular weight excluding hydrogens is 148 g/mol. The fraction of sp³-hybridized carbons (Fsp3) is 1.00. The fourth-order valence-corrected chi connectivity index (χ4v) is 2.83. The second-order valence-corrected chi connectivity index (χ2v) is 4.57. The van der Waals surface area contributed by atoms with Crippen LogP contribution in [0.1, 0.15) is 52.9 Å². The van der Waals surface area contributed by atoms with Crippen LogP contribution in [-0.4, -0.2) is 10.7 Å². The van der Waals surface area contributed by atoms with Gasteiger partial charge in [0.1, 0.15) is 0 Å². The van der Waals surface area contributed by atoms with E-state index >= 15 is 0 Å². The van der Waals surface area contributed by atoms with E-state index in [0.717, 1.165) is 19.3 Å². The minimum absolute atomic E-state index is 0.317. The van der Waals surface area contributed by atoms with Crippen LogP contribution in [0.4, 0.5) is 0 Å². The SMILES string of the molecule is CCC(C(C)C)C1(O)CCCC1. The van der Waals surface area contributed by atoms with E-state index in [0.29, 0.717) is 11.8 Å². The summed E-state index contributed by atoms with van der Waals surface area (Å²) >= 11 is 0. The lowest BCUT2D eigenvalue weighted by molar-refractivity contribution is -0.0326. The van der Waals surface area contributed by atoms with Gasteiger partial charge < -0.3 is 5.11 Å². The molecule has 0 aromatic rings. The fourth-order valence-electron chi connectivity index (χ4n) is 2.83. The minimum Gasteiger partial charge on any atom is -0.390 e. The number of aliphatic hydroxyl groups is 1. The molecule has 1 heteroatoms. The van der Waals surface area contributed by atoms with Gasteiger partial charge in [-0.2, -0.15) is 0 Å². The average Bonchev–Trinajstić information content (AvgIpc) is 2.37. The predicted molar refractivity (Wildman–Crippen MR) is 52.0 cm³/mol. The van der Waals surface area contributed by atoms with E-state index in [-0.39, 0.29) is 5.60 Å². The summed E-state index contributed by atoms with van der Waals surface area (Å²) < 4.78 is 0. The Balaban J connectivity index is 2.62. The van der Waals surface area contributed by atoms with Crippen LogP contribution in [0, 0.1) is 11.8 Å². The summed E-state index contributed by atoms with van der Waals surface area (Å²) in [6, 6.07) is 0. The lowest BCUT2D eigenvalue weighted by Gasteiger charge is -2.34. The summed E-state index contributed by atoms with van der Waals surface area (Å²) in [5, 5.41) is 10.3. The van der Waals surface area contributed by atoms with E-state index in [1.54, 1.807) is 0 Å². The van der Waals surface area contributed by atoms with Crippen LogP contribution < -0.4 is 0 Å². The molecule has 1 aliphatic carbocycles. The quantitative estimate of drug-likeness (QED) is 0.690. The van der Waals surface area contributed by atoms with Gasteiger partial charge in [-0.1, -0.05) is 40.0 Å². The summed E-state index contributed by atoms with van der Waals surface area (Å²) in [7, 11) is 0. The van der Waals surface area contributed by atoms with Crippen molar-refractivity contribution in [2.24, 2.45) is 11.8 Å². The van der Waals surface area contributed by atoms with Gasteiger partial charge in [-0.05, 0) is 24.7 Å². The Labute approximate surface area is 76.2 Å². The molecule has 1 atom stereocenters. The van der Waals surface area contributed by atoms with Crippen LogP contribution in [0.15, 0.2) is 0 Å². The van der Waals surface area contributed by atoms with Gasteiger partial charge in [0, 0.05) is 0 Å². The van der Waals surface area contributed by atoms with Gasteiger partial charge in [0.25, 0.3) is 0 Å². The van der Waals surface area contributed by atoms with Crippen LogP contribution in [0.5, 0.6) is 0 Å². The van der Waals surface area contributed by atoms with Gasteiger partial charge in [-0.15, -0.1) is 0 Å². The highest BCUT2D eigenvalue weighted by atomic mass is 16.3. The molecule has 1 fully saturated rings. The molecule has 0 aliphatic heterocycles. The lowest BCUT2D eigenvalue weighted by Crippen LogP contribution is -2.37. The molecule has 0 bridgehead atoms. The summed E-state index contributed by atoms with van der Waals surface area (Å²) in [4.78, 5) is 0. The average molecular weight is 170 g/mol. The van der Waals surface area contributed by atoms with Gasteiger partial charge in [-0.25, -0.2) is 0 Å². The van der Waals surface area contributed by atoms with E-state index in [1.165, 1.54) is 12.8 Å². The molecule has 0 heterocycles. The van der Waals surface area contributed by atoms with E-state index in [9.17, 15) is 5.11 Å². The first-order valence-corrected chi connectivity index (χ1v) is 5.32. The molecule has 72 valence electrons. The maximum atomic E-state index is 10.3. The number of hydrogen-bond acceptors (Lipinski definition) is 1. The van der Waals surface area contributed by atoms with Crippen molar-refractivity contribution in [2.45, 2.75) is 58.5 Å². The first kappa shape index (κ1) is 10.0. The largest absolute Gasteiger partial charge is 0.390 e. The molecule has 0 radical (unpaired) electrons. The van der Waals surface area contributed by atoms with Gasteiger partial charge in [-0.3, -0.25) is 0 Å². The molecule has 0 amide bonds. The monoisotopic (exact) mass is 170 g/mol. The highest BCUT2D eigenvalue weighted by molar-refractivity contribution is 4.91. The molecule has 1 N–H and O–H groups in total. The Morgan fingerprint density at radius 2 is 1.75 bits per heavy atom. The van der Waals surface area contributed by atoms with Crippen LogP contribution in [0.3, 0.4) is 0 Å². The first-order valence-electron chi connectivity index (χ1n) is 5.32. The standard InChI is InChI=1S/C11H22O/c1-4-10(9(2)3)11(12)7-5-6-8-11/h9-10,12H,4-8H2,1-3H3. The van der Waals surface area contributed by atoms with Crippen molar-refractivity contribution in [3.63, 3.8) is 0 Å². The van der Waals surface area contributed by atoms with E-state index < -0.39 is 0 Å². The Hall–Kier alpha value is -0.0400.